The first-order valence-corrected chi connectivity index (χ1v) is 2.80. The molecule has 0 bridgehead atoms. The number of carboxylic acids is 2. The van der Waals surface area contributed by atoms with Crippen molar-refractivity contribution in [2.45, 2.75) is 6.92 Å². The summed E-state index contributed by atoms with van der Waals surface area (Å²) in [6, 6.07) is 0. The van der Waals surface area contributed by atoms with Crippen molar-refractivity contribution in [2.75, 3.05) is 0 Å². The molecule has 0 saturated carbocycles. The molecule has 0 aromatic rings. The lowest BCUT2D eigenvalue weighted by atomic mass is 10.1. The van der Waals surface area contributed by atoms with E-state index < -0.39 is 11.9 Å². The smallest absolute Gasteiger partial charge is 0.336 e. The van der Waals surface area contributed by atoms with Gasteiger partial charge in [-0.2, -0.15) is 0 Å². The highest BCUT2D eigenvalue weighted by Crippen LogP contribution is 2.04. The molecule has 0 radical (unpaired) electrons. The Morgan fingerprint density at radius 3 is 1.82 bits per heavy atom. The summed E-state index contributed by atoms with van der Waals surface area (Å²) >= 11 is 0. The van der Waals surface area contributed by atoms with Crippen LogP contribution in [0.5, 0.6) is 0 Å². The molecule has 0 spiro atoms. The number of carboxylic acid groups (broad SMARTS) is 2. The Bertz CT molecular complexity index is 237. The number of hydrogen-bond acceptors (Lipinski definition) is 2. The quantitative estimate of drug-likeness (QED) is 0.465. The summed E-state index contributed by atoms with van der Waals surface area (Å²) < 4.78 is 0. The van der Waals surface area contributed by atoms with E-state index in [9.17, 15) is 9.59 Å². The molecule has 0 aliphatic rings. The molecular weight excluding hydrogens is 148 g/mol. The zero-order chi connectivity index (χ0) is 9.02. The van der Waals surface area contributed by atoms with Gasteiger partial charge in [0, 0.05) is 5.57 Å². The Kier molecular flexibility index (Phi) is 3.04. The van der Waals surface area contributed by atoms with E-state index in [1.54, 1.807) is 0 Å². The number of rotatable bonds is 3. The van der Waals surface area contributed by atoms with Gasteiger partial charge in [-0.3, -0.25) is 0 Å². The molecule has 0 amide bonds. The minimum atomic E-state index is -1.28. The highest BCUT2D eigenvalue weighted by atomic mass is 16.4. The van der Waals surface area contributed by atoms with E-state index in [-0.39, 0.29) is 11.1 Å². The van der Waals surface area contributed by atoms with Crippen LogP contribution in [0.3, 0.4) is 0 Å². The Morgan fingerprint density at radius 2 is 1.73 bits per heavy atom. The van der Waals surface area contributed by atoms with Crippen LogP contribution in [-0.2, 0) is 9.59 Å². The topological polar surface area (TPSA) is 74.6 Å². The van der Waals surface area contributed by atoms with Crippen molar-refractivity contribution in [3.8, 4) is 0 Å². The van der Waals surface area contributed by atoms with E-state index in [0.717, 1.165) is 6.08 Å². The van der Waals surface area contributed by atoms with Crippen LogP contribution in [0.4, 0.5) is 0 Å². The van der Waals surface area contributed by atoms with Crippen molar-refractivity contribution >= 4 is 11.9 Å². The van der Waals surface area contributed by atoms with Gasteiger partial charge in [-0.1, -0.05) is 12.7 Å². The molecule has 0 aliphatic heterocycles. The maximum atomic E-state index is 10.3. The summed E-state index contributed by atoms with van der Waals surface area (Å²) in [6.07, 6.45) is 1.01. The second kappa shape index (κ2) is 3.55. The number of carbonyl (C=O) groups is 2. The molecule has 0 saturated heterocycles. The van der Waals surface area contributed by atoms with Crippen LogP contribution in [0.25, 0.3) is 0 Å². The fraction of sp³-hybridized carbons (Fsp3) is 0.143. The minimum Gasteiger partial charge on any atom is -0.478 e. The molecule has 0 heterocycles. The van der Waals surface area contributed by atoms with Crippen LogP contribution < -0.4 is 0 Å². The fourth-order valence-electron chi connectivity index (χ4n) is 0.516. The molecule has 4 nitrogen and oxygen atoms in total. The van der Waals surface area contributed by atoms with Crippen LogP contribution >= 0.6 is 0 Å². The van der Waals surface area contributed by atoms with E-state index in [4.69, 9.17) is 10.2 Å². The number of aliphatic carboxylic acids is 2. The van der Waals surface area contributed by atoms with Crippen LogP contribution in [0, 0.1) is 0 Å². The summed E-state index contributed by atoms with van der Waals surface area (Å²) in [5, 5.41) is 16.8. The lowest BCUT2D eigenvalue weighted by Crippen LogP contribution is -2.07. The summed E-state index contributed by atoms with van der Waals surface area (Å²) in [4.78, 5) is 20.5. The number of hydrogen-bond donors (Lipinski definition) is 2. The van der Waals surface area contributed by atoms with Gasteiger partial charge in [0.25, 0.3) is 0 Å². The Labute approximate surface area is 63.5 Å². The Hall–Kier alpha value is -1.58. The van der Waals surface area contributed by atoms with Crippen molar-refractivity contribution in [1.29, 1.82) is 0 Å². The van der Waals surface area contributed by atoms with Crippen LogP contribution in [0.15, 0.2) is 23.8 Å². The monoisotopic (exact) mass is 156 g/mol. The molecular formula is C7H8O4. The van der Waals surface area contributed by atoms with E-state index in [1.807, 2.05) is 0 Å². The van der Waals surface area contributed by atoms with Gasteiger partial charge in [-0.25, -0.2) is 9.59 Å². The van der Waals surface area contributed by atoms with Gasteiger partial charge in [-0.15, -0.1) is 0 Å². The minimum absolute atomic E-state index is 0.215. The molecule has 60 valence electrons. The normalized spacial score (nSPS) is 11.7. The summed E-state index contributed by atoms with van der Waals surface area (Å²) in [5.41, 5.74) is -0.495. The molecule has 4 heteroatoms. The fourth-order valence-corrected chi connectivity index (χ4v) is 0.516. The average Bonchev–Trinajstić information content (AvgIpc) is 1.88. The molecule has 0 fully saturated rings. The van der Waals surface area contributed by atoms with Crippen molar-refractivity contribution in [3.63, 3.8) is 0 Å². The van der Waals surface area contributed by atoms with Crippen molar-refractivity contribution in [2.24, 2.45) is 0 Å². The Morgan fingerprint density at radius 1 is 1.27 bits per heavy atom. The molecule has 0 atom stereocenters. The third-order valence-corrected chi connectivity index (χ3v) is 1.16. The van der Waals surface area contributed by atoms with Crippen LogP contribution in [0.2, 0.25) is 0 Å². The largest absolute Gasteiger partial charge is 0.478 e. The highest BCUT2D eigenvalue weighted by molar-refractivity contribution is 6.00. The summed E-state index contributed by atoms with van der Waals surface area (Å²) in [7, 11) is 0. The van der Waals surface area contributed by atoms with E-state index in [2.05, 4.69) is 6.58 Å². The first-order chi connectivity index (χ1) is 5.00. The van der Waals surface area contributed by atoms with Crippen LogP contribution in [0.1, 0.15) is 6.92 Å². The zero-order valence-corrected chi connectivity index (χ0v) is 6.00. The first-order valence-electron chi connectivity index (χ1n) is 2.80. The van der Waals surface area contributed by atoms with Gasteiger partial charge in [0.15, 0.2) is 0 Å². The van der Waals surface area contributed by atoms with E-state index in [1.165, 1.54) is 6.92 Å². The van der Waals surface area contributed by atoms with Crippen molar-refractivity contribution in [3.05, 3.63) is 23.8 Å². The predicted molar refractivity (Wildman–Crippen MR) is 38.2 cm³/mol. The SMILES string of the molecule is C=C/C(C(=O)O)=C(\C)C(=O)O. The third kappa shape index (κ3) is 2.25. The lowest BCUT2D eigenvalue weighted by Gasteiger charge is -1.96. The van der Waals surface area contributed by atoms with Gasteiger partial charge in [0.2, 0.25) is 0 Å². The lowest BCUT2D eigenvalue weighted by molar-refractivity contribution is -0.135. The maximum Gasteiger partial charge on any atom is 0.336 e. The highest BCUT2D eigenvalue weighted by Gasteiger charge is 2.11. The van der Waals surface area contributed by atoms with Gasteiger partial charge < -0.3 is 10.2 Å². The molecule has 0 aliphatic carbocycles. The van der Waals surface area contributed by atoms with E-state index in [0.29, 0.717) is 0 Å². The summed E-state index contributed by atoms with van der Waals surface area (Å²) in [5.74, 6) is -2.53. The average molecular weight is 156 g/mol. The van der Waals surface area contributed by atoms with Crippen LogP contribution in [-0.4, -0.2) is 22.2 Å². The van der Waals surface area contributed by atoms with Crippen molar-refractivity contribution in [1.82, 2.24) is 0 Å². The molecule has 0 unspecified atom stereocenters. The van der Waals surface area contributed by atoms with E-state index >= 15 is 0 Å². The standard InChI is InChI=1S/C7H8O4/c1-3-5(7(10)11)4(2)6(8)9/h3H,1H2,2H3,(H,8,9)(H,10,11)/b5-4-. The molecule has 0 aromatic heterocycles. The first kappa shape index (κ1) is 9.42. The van der Waals surface area contributed by atoms with Gasteiger partial charge in [0.1, 0.15) is 0 Å². The molecule has 0 aromatic carbocycles. The maximum absolute atomic E-state index is 10.3. The Balaban J connectivity index is 4.99. The van der Waals surface area contributed by atoms with Gasteiger partial charge >= 0.3 is 11.9 Å². The van der Waals surface area contributed by atoms with Crippen molar-refractivity contribution < 1.29 is 19.8 Å². The second-order valence-corrected chi connectivity index (χ2v) is 1.85. The third-order valence-electron chi connectivity index (χ3n) is 1.16. The second-order valence-electron chi connectivity index (χ2n) is 1.85. The molecule has 11 heavy (non-hydrogen) atoms. The van der Waals surface area contributed by atoms with Gasteiger partial charge in [0.05, 0.1) is 5.57 Å². The zero-order valence-electron chi connectivity index (χ0n) is 6.00. The summed E-state index contributed by atoms with van der Waals surface area (Å²) in [6.45, 7) is 4.40. The molecule has 0 rings (SSSR count). The predicted octanol–water partition coefficient (Wildman–Crippen LogP) is 0.658. The van der Waals surface area contributed by atoms with Gasteiger partial charge in [-0.05, 0) is 6.92 Å². The molecule has 2 N–H and O–H groups in total.